The van der Waals surface area contributed by atoms with E-state index in [1.165, 1.54) is 18.5 Å². The van der Waals surface area contributed by atoms with Crippen molar-refractivity contribution in [2.45, 2.75) is 70.7 Å². The molecule has 0 saturated carbocycles. The third-order valence-corrected chi connectivity index (χ3v) is 9.78. The highest BCUT2D eigenvalue weighted by atomic mass is 16.4. The quantitative estimate of drug-likeness (QED) is 0.0575. The van der Waals surface area contributed by atoms with Crippen molar-refractivity contribution in [3.63, 3.8) is 0 Å². The first-order valence-electron chi connectivity index (χ1n) is 20.3. The van der Waals surface area contributed by atoms with Gasteiger partial charge in [-0.3, -0.25) is 19.4 Å². The number of carbonyl (C=O) groups is 6. The third kappa shape index (κ3) is 14.6. The highest BCUT2D eigenvalue weighted by molar-refractivity contribution is 6.05. The number of aromatic nitrogens is 1. The molecule has 4 aromatic carbocycles. The molecule has 63 heavy (non-hydrogen) atoms. The molecule has 1 heterocycles. The van der Waals surface area contributed by atoms with E-state index < -0.39 is 48.0 Å². The number of anilines is 2. The maximum atomic E-state index is 12.9. The van der Waals surface area contributed by atoms with Gasteiger partial charge in [0.25, 0.3) is 17.7 Å². The molecular weight excluding hydrogens is 809 g/mol. The van der Waals surface area contributed by atoms with Crippen molar-refractivity contribution in [3.8, 4) is 0 Å². The summed E-state index contributed by atoms with van der Waals surface area (Å²) in [4.78, 5) is 76.8. The van der Waals surface area contributed by atoms with Crippen LogP contribution in [-0.4, -0.2) is 91.9 Å². The van der Waals surface area contributed by atoms with Crippen LogP contribution in [0.1, 0.15) is 74.1 Å². The summed E-state index contributed by atoms with van der Waals surface area (Å²) in [5.41, 5.74) is 5.11. The second kappa shape index (κ2) is 24.1. The van der Waals surface area contributed by atoms with Gasteiger partial charge in [0.2, 0.25) is 0 Å². The number of pyridine rings is 1. The lowest BCUT2D eigenvalue weighted by Gasteiger charge is -2.22. The molecule has 5 aromatic rings. The van der Waals surface area contributed by atoms with E-state index in [1.54, 1.807) is 97.9 Å². The number of aryl methyl sites for hydroxylation is 2. The zero-order chi connectivity index (χ0) is 45.9. The highest BCUT2D eigenvalue weighted by Gasteiger charge is 2.29. The first kappa shape index (κ1) is 48.2. The summed E-state index contributed by atoms with van der Waals surface area (Å²) in [6.07, 6.45) is 1.04. The molecule has 1 aromatic heterocycles. The molecule has 0 aliphatic rings. The molecule has 0 bridgehead atoms. The van der Waals surface area contributed by atoms with Crippen LogP contribution < -0.4 is 26.6 Å². The maximum Gasteiger partial charge on any atom is 0.334 e. The van der Waals surface area contributed by atoms with Crippen LogP contribution in [0.25, 0.3) is 0 Å². The van der Waals surface area contributed by atoms with Crippen LogP contribution in [0.5, 0.6) is 0 Å². The van der Waals surface area contributed by atoms with Crippen LogP contribution in [0.4, 0.5) is 16.2 Å². The number of hydrogen-bond acceptors (Lipinski definition) is 9. The molecule has 16 heteroatoms. The molecule has 5 rings (SSSR count). The van der Waals surface area contributed by atoms with Crippen molar-refractivity contribution in [2.24, 2.45) is 0 Å². The van der Waals surface area contributed by atoms with Gasteiger partial charge in [-0.2, -0.15) is 0 Å². The molecule has 9 N–H and O–H groups in total. The number of aliphatic hydroxyl groups is 2. The first-order chi connectivity index (χ1) is 30.2. The average molecular weight is 861 g/mol. The Morgan fingerprint density at radius 1 is 0.540 bits per heavy atom. The SMILES string of the molecule is CCNC(=O)Nc1cc(C(=O)N[C@H](Cc2ccccc2)[C@@H](O)C(=O)O)ccc1CC.CCc1ccc(C(=O)N[C@H](Cc2ccccc2)[C@@H](O)C(=O)O)cc1NC(=O)c1ccncc1. The smallest absolute Gasteiger partial charge is 0.334 e. The van der Waals surface area contributed by atoms with E-state index in [0.717, 1.165) is 22.3 Å². The van der Waals surface area contributed by atoms with Gasteiger partial charge < -0.3 is 47.0 Å². The Bertz CT molecular complexity index is 2330. The van der Waals surface area contributed by atoms with Crippen molar-refractivity contribution in [1.82, 2.24) is 20.9 Å². The zero-order valence-corrected chi connectivity index (χ0v) is 35.1. The predicted octanol–water partition coefficient (Wildman–Crippen LogP) is 4.86. The largest absolute Gasteiger partial charge is 0.479 e. The Hall–Kier alpha value is -7.43. The number of carboxylic acids is 2. The summed E-state index contributed by atoms with van der Waals surface area (Å²) >= 11 is 0. The Morgan fingerprint density at radius 3 is 1.37 bits per heavy atom. The third-order valence-electron chi connectivity index (χ3n) is 9.78. The van der Waals surface area contributed by atoms with Crippen molar-refractivity contribution in [2.75, 3.05) is 17.2 Å². The Balaban J connectivity index is 0.000000278. The van der Waals surface area contributed by atoms with Gasteiger partial charge in [-0.05, 0) is 91.3 Å². The van der Waals surface area contributed by atoms with Gasteiger partial charge in [0, 0.05) is 47.0 Å². The van der Waals surface area contributed by atoms with Gasteiger partial charge in [0.1, 0.15) is 0 Å². The van der Waals surface area contributed by atoms with Crippen LogP contribution in [-0.2, 0) is 35.3 Å². The zero-order valence-electron chi connectivity index (χ0n) is 35.1. The van der Waals surface area contributed by atoms with E-state index >= 15 is 0 Å². The van der Waals surface area contributed by atoms with Gasteiger partial charge in [0.05, 0.1) is 12.1 Å². The Labute approximate surface area is 364 Å². The summed E-state index contributed by atoms with van der Waals surface area (Å²) in [6, 6.07) is 28.4. The summed E-state index contributed by atoms with van der Waals surface area (Å²) in [7, 11) is 0. The minimum absolute atomic E-state index is 0.138. The van der Waals surface area contributed by atoms with Crippen molar-refractivity contribution >= 4 is 47.1 Å². The summed E-state index contributed by atoms with van der Waals surface area (Å²) < 4.78 is 0. The first-order valence-corrected chi connectivity index (χ1v) is 20.3. The summed E-state index contributed by atoms with van der Waals surface area (Å²) in [5.74, 6) is -4.29. The number of rotatable bonds is 18. The number of amides is 5. The fourth-order valence-corrected chi connectivity index (χ4v) is 6.38. The fourth-order valence-electron chi connectivity index (χ4n) is 6.38. The minimum atomic E-state index is -1.78. The number of nitrogens with one attached hydrogen (secondary N) is 5. The lowest BCUT2D eigenvalue weighted by atomic mass is 10.00. The standard InChI is InChI=1S/C25H25N3O5.C22H27N3O5/c1-2-17-8-9-19(15-20(17)27-23(30)18-10-12-26-13-11-18)24(31)28-21(22(29)25(32)33)14-16-6-4-3-5-7-16;1-3-15-10-11-16(13-17(15)25-22(30)23-4-2)20(27)24-18(19(26)21(28)29)12-14-8-6-5-7-9-14/h3-13,15,21-22,29H,2,14H2,1H3,(H,27,30)(H,28,31)(H,32,33);5-11,13,18-19,26H,3-4,12H2,1-2H3,(H,24,27)(H,28,29)(H2,23,25,30)/t21-,22-;18-,19-/m11/s1. The normalized spacial score (nSPS) is 12.5. The molecular formula is C47H52N6O10. The van der Waals surface area contributed by atoms with Crippen LogP contribution in [0.2, 0.25) is 0 Å². The number of carbonyl (C=O) groups excluding carboxylic acids is 4. The van der Waals surface area contributed by atoms with E-state index in [4.69, 9.17) is 0 Å². The van der Waals surface area contributed by atoms with Gasteiger partial charge in [-0.25, -0.2) is 14.4 Å². The molecule has 330 valence electrons. The monoisotopic (exact) mass is 860 g/mol. The molecule has 4 atom stereocenters. The number of hydrogen-bond donors (Lipinski definition) is 9. The molecule has 0 spiro atoms. The number of aliphatic carboxylic acids is 2. The van der Waals surface area contributed by atoms with E-state index in [2.05, 4.69) is 31.6 Å². The van der Waals surface area contributed by atoms with Crippen LogP contribution in [0.3, 0.4) is 0 Å². The highest BCUT2D eigenvalue weighted by Crippen LogP contribution is 2.22. The molecule has 5 amide bonds. The number of aliphatic hydroxyl groups excluding tert-OH is 2. The fraction of sp³-hybridized carbons (Fsp3) is 0.255. The predicted molar refractivity (Wildman–Crippen MR) is 237 cm³/mol. The molecule has 0 unspecified atom stereocenters. The Kier molecular flexibility index (Phi) is 18.5. The van der Waals surface area contributed by atoms with Gasteiger partial charge >= 0.3 is 18.0 Å². The maximum absolute atomic E-state index is 12.9. The lowest BCUT2D eigenvalue weighted by Crippen LogP contribution is -2.48. The molecule has 0 aliphatic heterocycles. The minimum Gasteiger partial charge on any atom is -0.479 e. The van der Waals surface area contributed by atoms with Crippen LogP contribution in [0, 0.1) is 0 Å². The lowest BCUT2D eigenvalue weighted by molar-refractivity contribution is -0.148. The molecule has 0 radical (unpaired) electrons. The van der Waals surface area contributed by atoms with E-state index in [-0.39, 0.29) is 35.9 Å². The van der Waals surface area contributed by atoms with Crippen molar-refractivity contribution < 1.29 is 49.2 Å². The number of benzene rings is 4. The van der Waals surface area contributed by atoms with Crippen LogP contribution >= 0.6 is 0 Å². The molecule has 0 aliphatic carbocycles. The molecule has 0 fully saturated rings. The second-order valence-electron chi connectivity index (χ2n) is 14.2. The van der Waals surface area contributed by atoms with E-state index in [0.29, 0.717) is 36.3 Å². The molecule has 0 saturated heterocycles. The number of carboxylic acid groups (broad SMARTS) is 2. The van der Waals surface area contributed by atoms with E-state index in [1.807, 2.05) is 26.0 Å². The van der Waals surface area contributed by atoms with Crippen molar-refractivity contribution in [3.05, 3.63) is 161 Å². The van der Waals surface area contributed by atoms with Crippen molar-refractivity contribution in [1.29, 1.82) is 0 Å². The summed E-state index contributed by atoms with van der Waals surface area (Å²) in [6.45, 7) is 6.11. The van der Waals surface area contributed by atoms with Gasteiger partial charge in [-0.15, -0.1) is 0 Å². The second-order valence-corrected chi connectivity index (χ2v) is 14.2. The number of nitrogens with zero attached hydrogens (tertiary/aromatic N) is 1. The molecule has 16 nitrogen and oxygen atoms in total. The topological polar surface area (TPSA) is 256 Å². The van der Waals surface area contributed by atoms with Gasteiger partial charge in [0.15, 0.2) is 12.2 Å². The van der Waals surface area contributed by atoms with E-state index in [9.17, 15) is 49.2 Å². The Morgan fingerprint density at radius 2 is 0.968 bits per heavy atom. The summed E-state index contributed by atoms with van der Waals surface area (Å²) in [5, 5.41) is 52.1. The van der Waals surface area contributed by atoms with Crippen LogP contribution in [0.15, 0.2) is 122 Å². The van der Waals surface area contributed by atoms with Gasteiger partial charge in [-0.1, -0.05) is 86.6 Å². The average Bonchev–Trinajstić information content (AvgIpc) is 3.29. The number of urea groups is 1.